The molecule has 0 bridgehead atoms. The molecule has 0 spiro atoms. The van der Waals surface area contributed by atoms with E-state index in [1.54, 1.807) is 14.0 Å². The van der Waals surface area contributed by atoms with Crippen LogP contribution in [0.25, 0.3) is 0 Å². The van der Waals surface area contributed by atoms with Crippen molar-refractivity contribution in [2.24, 2.45) is 0 Å². The summed E-state index contributed by atoms with van der Waals surface area (Å²) >= 11 is 0. The molecule has 0 saturated carbocycles. The van der Waals surface area contributed by atoms with Gasteiger partial charge in [0.25, 0.3) is 5.91 Å². The third-order valence-electron chi connectivity index (χ3n) is 1.75. The number of rotatable bonds is 4. The number of carbonyl (C=O) groups excluding carboxylic acids is 1. The van der Waals surface area contributed by atoms with Crippen LogP contribution in [-0.2, 0) is 4.79 Å². The highest BCUT2D eigenvalue weighted by Crippen LogP contribution is 2.06. The Morgan fingerprint density at radius 3 is 2.31 bits per heavy atom. The molecule has 0 heterocycles. The summed E-state index contributed by atoms with van der Waals surface area (Å²) in [6, 6.07) is 0. The fourth-order valence-electron chi connectivity index (χ4n) is 0.949. The van der Waals surface area contributed by atoms with Gasteiger partial charge in [-0.1, -0.05) is 0 Å². The highest BCUT2D eigenvalue weighted by molar-refractivity contribution is 5.83. The number of nitrogens with zero attached hydrogens (tertiary/aromatic N) is 1. The van der Waals surface area contributed by atoms with Crippen molar-refractivity contribution >= 4 is 5.91 Å². The third-order valence-corrected chi connectivity index (χ3v) is 1.75. The molecule has 0 fully saturated rings. The molecule has 4 nitrogen and oxygen atoms in total. The van der Waals surface area contributed by atoms with Crippen LogP contribution >= 0.6 is 0 Å². The van der Waals surface area contributed by atoms with Crippen molar-refractivity contribution in [1.29, 1.82) is 0 Å². The second-order valence-corrected chi connectivity index (χ2v) is 3.92. The van der Waals surface area contributed by atoms with E-state index in [1.807, 2.05) is 0 Å². The predicted molar refractivity (Wildman–Crippen MR) is 50.2 cm³/mol. The highest BCUT2D eigenvalue weighted by Gasteiger charge is 2.26. The van der Waals surface area contributed by atoms with Gasteiger partial charge in [-0.05, 0) is 27.2 Å². The molecular formula is C9H19NO3. The van der Waals surface area contributed by atoms with E-state index in [-0.39, 0.29) is 5.91 Å². The number of likely N-dealkylation sites (N-methyl/N-ethyl adjacent to an activating group) is 1. The zero-order valence-corrected chi connectivity index (χ0v) is 8.74. The first-order chi connectivity index (χ1) is 5.75. The van der Waals surface area contributed by atoms with E-state index in [4.69, 9.17) is 5.11 Å². The maximum atomic E-state index is 11.4. The first-order valence-corrected chi connectivity index (χ1v) is 4.41. The molecule has 0 aromatic carbocycles. The monoisotopic (exact) mass is 189 g/mol. The molecule has 1 amide bonds. The molecule has 1 atom stereocenters. The summed E-state index contributed by atoms with van der Waals surface area (Å²) in [6.07, 6.45) is 0.107. The Morgan fingerprint density at radius 1 is 1.54 bits per heavy atom. The van der Waals surface area contributed by atoms with E-state index in [2.05, 4.69) is 0 Å². The average Bonchev–Trinajstić information content (AvgIpc) is 1.96. The quantitative estimate of drug-likeness (QED) is 0.653. The Morgan fingerprint density at radius 2 is 2.00 bits per heavy atom. The molecule has 2 N–H and O–H groups in total. The molecule has 4 heteroatoms. The van der Waals surface area contributed by atoms with E-state index in [9.17, 15) is 9.90 Å². The van der Waals surface area contributed by atoms with Crippen molar-refractivity contribution in [2.75, 3.05) is 13.6 Å². The predicted octanol–water partition coefficient (Wildman–Crippen LogP) is -0.0134. The van der Waals surface area contributed by atoms with Crippen molar-refractivity contribution in [3.8, 4) is 0 Å². The molecule has 0 aliphatic carbocycles. The largest absolute Gasteiger partial charge is 0.393 e. The smallest absolute Gasteiger partial charge is 0.253 e. The van der Waals surface area contributed by atoms with Gasteiger partial charge in [0.05, 0.1) is 6.10 Å². The summed E-state index contributed by atoms with van der Waals surface area (Å²) in [5, 5.41) is 18.4. The van der Waals surface area contributed by atoms with Crippen LogP contribution in [-0.4, -0.2) is 46.3 Å². The first-order valence-electron chi connectivity index (χ1n) is 4.41. The Hall–Kier alpha value is -0.610. The molecule has 0 aliphatic rings. The second kappa shape index (κ2) is 4.58. The molecule has 0 aromatic rings. The second-order valence-electron chi connectivity index (χ2n) is 3.92. The van der Waals surface area contributed by atoms with E-state index in [1.165, 1.54) is 18.7 Å². The summed E-state index contributed by atoms with van der Waals surface area (Å²) in [4.78, 5) is 12.8. The SMILES string of the molecule is CC(O)CCN(C)C(=O)C(C)(C)O. The standard InChI is InChI=1S/C9H19NO3/c1-7(11)5-6-10(4)8(12)9(2,3)13/h7,11,13H,5-6H2,1-4H3. The van der Waals surface area contributed by atoms with Gasteiger partial charge in [-0.3, -0.25) is 4.79 Å². The molecule has 0 saturated heterocycles. The van der Waals surface area contributed by atoms with Crippen LogP contribution in [0.1, 0.15) is 27.2 Å². The Balaban J connectivity index is 3.98. The summed E-state index contributed by atoms with van der Waals surface area (Å²) in [5.74, 6) is -0.326. The van der Waals surface area contributed by atoms with Gasteiger partial charge in [-0.15, -0.1) is 0 Å². The lowest BCUT2D eigenvalue weighted by Gasteiger charge is -2.25. The number of hydrogen-bond acceptors (Lipinski definition) is 3. The van der Waals surface area contributed by atoms with Crippen molar-refractivity contribution in [3.63, 3.8) is 0 Å². The fraction of sp³-hybridized carbons (Fsp3) is 0.889. The van der Waals surface area contributed by atoms with Gasteiger partial charge >= 0.3 is 0 Å². The van der Waals surface area contributed by atoms with Gasteiger partial charge in [0.2, 0.25) is 0 Å². The van der Waals surface area contributed by atoms with Crippen LogP contribution in [0, 0.1) is 0 Å². The van der Waals surface area contributed by atoms with Crippen molar-refractivity contribution in [2.45, 2.75) is 38.9 Å². The van der Waals surface area contributed by atoms with E-state index >= 15 is 0 Å². The van der Waals surface area contributed by atoms with E-state index in [0.29, 0.717) is 13.0 Å². The molecule has 0 radical (unpaired) electrons. The third kappa shape index (κ3) is 4.85. The Labute approximate surface area is 79.2 Å². The van der Waals surface area contributed by atoms with Crippen LogP contribution in [0.4, 0.5) is 0 Å². The van der Waals surface area contributed by atoms with Crippen LogP contribution in [0.5, 0.6) is 0 Å². The van der Waals surface area contributed by atoms with E-state index < -0.39 is 11.7 Å². The van der Waals surface area contributed by atoms with Crippen LogP contribution in [0.2, 0.25) is 0 Å². The number of amides is 1. The van der Waals surface area contributed by atoms with Gasteiger partial charge in [-0.25, -0.2) is 0 Å². The normalized spacial score (nSPS) is 14.0. The zero-order valence-electron chi connectivity index (χ0n) is 8.74. The maximum absolute atomic E-state index is 11.4. The van der Waals surface area contributed by atoms with Crippen LogP contribution in [0.15, 0.2) is 0 Å². The van der Waals surface area contributed by atoms with Gasteiger partial charge in [0, 0.05) is 13.6 Å². The van der Waals surface area contributed by atoms with Crippen molar-refractivity contribution < 1.29 is 15.0 Å². The lowest BCUT2D eigenvalue weighted by Crippen LogP contribution is -2.43. The zero-order chi connectivity index (χ0) is 10.6. The lowest BCUT2D eigenvalue weighted by atomic mass is 10.1. The van der Waals surface area contributed by atoms with Crippen molar-refractivity contribution in [1.82, 2.24) is 4.90 Å². The summed E-state index contributed by atoms with van der Waals surface area (Å²) < 4.78 is 0. The molecule has 0 aliphatic heterocycles. The minimum Gasteiger partial charge on any atom is -0.393 e. The highest BCUT2D eigenvalue weighted by atomic mass is 16.3. The van der Waals surface area contributed by atoms with Gasteiger partial charge in [0.15, 0.2) is 0 Å². The average molecular weight is 189 g/mol. The Bertz CT molecular complexity index is 172. The van der Waals surface area contributed by atoms with Gasteiger partial charge in [0.1, 0.15) is 5.60 Å². The Kier molecular flexibility index (Phi) is 4.36. The van der Waals surface area contributed by atoms with Gasteiger partial charge in [-0.2, -0.15) is 0 Å². The van der Waals surface area contributed by atoms with Crippen LogP contribution < -0.4 is 0 Å². The summed E-state index contributed by atoms with van der Waals surface area (Å²) in [5.41, 5.74) is -1.33. The molecular weight excluding hydrogens is 170 g/mol. The topological polar surface area (TPSA) is 60.8 Å². The summed E-state index contributed by atoms with van der Waals surface area (Å²) in [7, 11) is 1.61. The molecule has 1 unspecified atom stereocenters. The number of aliphatic hydroxyl groups excluding tert-OH is 1. The van der Waals surface area contributed by atoms with Crippen molar-refractivity contribution in [3.05, 3.63) is 0 Å². The lowest BCUT2D eigenvalue weighted by molar-refractivity contribution is -0.146. The van der Waals surface area contributed by atoms with E-state index in [0.717, 1.165) is 0 Å². The molecule has 0 rings (SSSR count). The number of hydrogen-bond donors (Lipinski definition) is 2. The molecule has 0 aromatic heterocycles. The molecule has 78 valence electrons. The summed E-state index contributed by atoms with van der Waals surface area (Å²) in [6.45, 7) is 5.03. The fourth-order valence-corrected chi connectivity index (χ4v) is 0.949. The maximum Gasteiger partial charge on any atom is 0.253 e. The van der Waals surface area contributed by atoms with Crippen LogP contribution in [0.3, 0.4) is 0 Å². The first kappa shape index (κ1) is 12.4. The minimum atomic E-state index is -1.33. The number of aliphatic hydroxyl groups is 2. The minimum absolute atomic E-state index is 0.326. The van der Waals surface area contributed by atoms with Gasteiger partial charge < -0.3 is 15.1 Å². The molecule has 13 heavy (non-hydrogen) atoms. The number of carbonyl (C=O) groups is 1.